The molecule has 174 valence electrons. The molecule has 2 aromatic heterocycles. The zero-order chi connectivity index (χ0) is 23.5. The Morgan fingerprint density at radius 1 is 0.647 bits per heavy atom. The second kappa shape index (κ2) is 10.5. The van der Waals surface area contributed by atoms with Gasteiger partial charge in [0.05, 0.1) is 0 Å². The van der Waals surface area contributed by atoms with Gasteiger partial charge in [-0.3, -0.25) is 0 Å². The van der Waals surface area contributed by atoms with Crippen molar-refractivity contribution in [3.05, 3.63) is 82.0 Å². The molecule has 0 unspecified atom stereocenters. The van der Waals surface area contributed by atoms with E-state index in [2.05, 4.69) is 86.1 Å². The first-order valence-corrected chi connectivity index (χ1v) is 14.5. The number of unbranched alkanes of at least 4 members (excludes halogenated alkanes) is 5. The fourth-order valence-electron chi connectivity index (χ4n) is 5.29. The van der Waals surface area contributed by atoms with Crippen LogP contribution in [-0.2, 0) is 6.42 Å². The molecule has 0 N–H and O–H groups in total. The van der Waals surface area contributed by atoms with Crippen molar-refractivity contribution >= 4 is 44.2 Å². The van der Waals surface area contributed by atoms with Crippen LogP contribution in [0.3, 0.4) is 0 Å². The van der Waals surface area contributed by atoms with Gasteiger partial charge in [-0.05, 0) is 111 Å². The van der Waals surface area contributed by atoms with Gasteiger partial charge in [-0.1, -0.05) is 69.4 Å². The average Bonchev–Trinajstić information content (AvgIpc) is 3.54. The maximum absolute atomic E-state index is 2.47. The van der Waals surface area contributed by atoms with Gasteiger partial charge in [-0.15, -0.1) is 22.7 Å². The van der Waals surface area contributed by atoms with Crippen molar-refractivity contribution in [2.75, 3.05) is 0 Å². The summed E-state index contributed by atoms with van der Waals surface area (Å²) in [6.07, 6.45) is 9.19. The largest absolute Gasteiger partial charge is 0.144 e. The highest BCUT2D eigenvalue weighted by atomic mass is 32.1. The summed E-state index contributed by atoms with van der Waals surface area (Å²) >= 11 is 3.68. The number of rotatable bonds is 9. The third-order valence-electron chi connectivity index (χ3n) is 7.22. The molecule has 5 rings (SSSR count). The molecule has 0 amide bonds. The van der Waals surface area contributed by atoms with Gasteiger partial charge in [0.2, 0.25) is 0 Å². The zero-order valence-corrected chi connectivity index (χ0v) is 22.3. The summed E-state index contributed by atoms with van der Waals surface area (Å²) in [7, 11) is 0. The summed E-state index contributed by atoms with van der Waals surface area (Å²) in [5, 5.41) is 10.0. The molecular formula is C32H34S2. The van der Waals surface area contributed by atoms with E-state index in [1.165, 1.54) is 98.5 Å². The minimum absolute atomic E-state index is 1.17. The van der Waals surface area contributed by atoms with Crippen LogP contribution in [-0.4, -0.2) is 0 Å². The van der Waals surface area contributed by atoms with Gasteiger partial charge in [0.15, 0.2) is 0 Å². The Labute approximate surface area is 212 Å². The van der Waals surface area contributed by atoms with Crippen LogP contribution in [0.4, 0.5) is 0 Å². The van der Waals surface area contributed by atoms with Crippen LogP contribution in [0.1, 0.15) is 62.1 Å². The van der Waals surface area contributed by atoms with E-state index in [0.29, 0.717) is 0 Å². The van der Waals surface area contributed by atoms with Crippen LogP contribution in [0.25, 0.3) is 42.4 Å². The van der Waals surface area contributed by atoms with Gasteiger partial charge >= 0.3 is 0 Å². The van der Waals surface area contributed by atoms with Crippen LogP contribution >= 0.6 is 22.7 Å². The van der Waals surface area contributed by atoms with Crippen LogP contribution < -0.4 is 0 Å². The lowest BCUT2D eigenvalue weighted by Crippen LogP contribution is -1.96. The molecule has 0 aliphatic heterocycles. The number of benzene rings is 3. The van der Waals surface area contributed by atoms with Crippen molar-refractivity contribution < 1.29 is 0 Å². The van der Waals surface area contributed by atoms with Gasteiger partial charge in [-0.25, -0.2) is 0 Å². The highest BCUT2D eigenvalue weighted by Gasteiger charge is 2.15. The lowest BCUT2D eigenvalue weighted by Gasteiger charge is -2.17. The lowest BCUT2D eigenvalue weighted by molar-refractivity contribution is 0.608. The first-order chi connectivity index (χ1) is 16.7. The fourth-order valence-corrected chi connectivity index (χ4v) is 6.94. The summed E-state index contributed by atoms with van der Waals surface area (Å²) in [4.78, 5) is 2.75. The molecule has 0 bridgehead atoms. The molecule has 3 aromatic carbocycles. The molecule has 2 heterocycles. The molecule has 0 nitrogen and oxygen atoms in total. The Kier molecular flexibility index (Phi) is 7.18. The molecule has 0 atom stereocenters. The molecule has 0 saturated heterocycles. The number of hydrogen-bond donors (Lipinski definition) is 0. The van der Waals surface area contributed by atoms with Gasteiger partial charge in [0.25, 0.3) is 0 Å². The van der Waals surface area contributed by atoms with Crippen LogP contribution in [0.5, 0.6) is 0 Å². The Bertz CT molecular complexity index is 1400. The molecule has 0 radical (unpaired) electrons. The number of hydrogen-bond acceptors (Lipinski definition) is 2. The second-order valence-electron chi connectivity index (χ2n) is 9.55. The monoisotopic (exact) mass is 482 g/mol. The SMILES string of the molecule is CCCCCCCCc1c(C)c2cc(-c3cccs3)ccc2c2ccc(-c3sccc3C)cc12. The third-order valence-corrected chi connectivity index (χ3v) is 9.21. The number of fused-ring (bicyclic) bond motifs is 3. The van der Waals surface area contributed by atoms with Crippen molar-refractivity contribution in [1.29, 1.82) is 0 Å². The Morgan fingerprint density at radius 3 is 2.12 bits per heavy atom. The van der Waals surface area contributed by atoms with Gasteiger partial charge in [0.1, 0.15) is 0 Å². The molecule has 0 saturated carbocycles. The van der Waals surface area contributed by atoms with E-state index in [1.807, 2.05) is 22.7 Å². The van der Waals surface area contributed by atoms with Crippen molar-refractivity contribution in [2.24, 2.45) is 0 Å². The average molecular weight is 483 g/mol. The van der Waals surface area contributed by atoms with E-state index in [0.717, 1.165) is 0 Å². The molecule has 34 heavy (non-hydrogen) atoms. The van der Waals surface area contributed by atoms with Crippen LogP contribution in [0.15, 0.2) is 65.4 Å². The van der Waals surface area contributed by atoms with Crippen molar-refractivity contribution in [3.63, 3.8) is 0 Å². The summed E-state index contributed by atoms with van der Waals surface area (Å²) < 4.78 is 0. The van der Waals surface area contributed by atoms with Crippen molar-refractivity contribution in [3.8, 4) is 20.9 Å². The van der Waals surface area contributed by atoms with E-state index in [4.69, 9.17) is 0 Å². The molecule has 0 aliphatic carbocycles. The molecule has 0 fully saturated rings. The smallest absolute Gasteiger partial charge is 0.0372 e. The summed E-state index contributed by atoms with van der Waals surface area (Å²) in [6, 6.07) is 20.9. The summed E-state index contributed by atoms with van der Waals surface area (Å²) in [5.74, 6) is 0. The van der Waals surface area contributed by atoms with Crippen molar-refractivity contribution in [2.45, 2.75) is 65.7 Å². The first-order valence-electron chi connectivity index (χ1n) is 12.7. The molecule has 0 spiro atoms. The van der Waals surface area contributed by atoms with Crippen LogP contribution in [0.2, 0.25) is 0 Å². The third kappa shape index (κ3) is 4.59. The Hall–Kier alpha value is -2.42. The molecule has 2 heteroatoms. The highest BCUT2D eigenvalue weighted by molar-refractivity contribution is 7.14. The van der Waals surface area contributed by atoms with Crippen LogP contribution in [0, 0.1) is 13.8 Å². The van der Waals surface area contributed by atoms with Gasteiger partial charge in [-0.2, -0.15) is 0 Å². The highest BCUT2D eigenvalue weighted by Crippen LogP contribution is 2.39. The molecule has 0 aliphatic rings. The van der Waals surface area contributed by atoms with E-state index in [9.17, 15) is 0 Å². The maximum Gasteiger partial charge on any atom is 0.0372 e. The van der Waals surface area contributed by atoms with E-state index >= 15 is 0 Å². The number of thiophene rings is 2. The summed E-state index contributed by atoms with van der Waals surface area (Å²) in [6.45, 7) is 6.88. The predicted octanol–water partition coefficient (Wildman–Crippen LogP) is 11.0. The van der Waals surface area contributed by atoms with E-state index in [-0.39, 0.29) is 0 Å². The van der Waals surface area contributed by atoms with Gasteiger partial charge in [0, 0.05) is 9.75 Å². The maximum atomic E-state index is 2.47. The quantitative estimate of drug-likeness (QED) is 0.145. The van der Waals surface area contributed by atoms with E-state index < -0.39 is 0 Å². The second-order valence-corrected chi connectivity index (χ2v) is 11.4. The Morgan fingerprint density at radius 2 is 1.38 bits per heavy atom. The van der Waals surface area contributed by atoms with Gasteiger partial charge < -0.3 is 0 Å². The lowest BCUT2D eigenvalue weighted by atomic mass is 9.87. The van der Waals surface area contributed by atoms with Crippen molar-refractivity contribution in [1.82, 2.24) is 0 Å². The molecular weight excluding hydrogens is 448 g/mol. The number of aryl methyl sites for hydroxylation is 3. The minimum Gasteiger partial charge on any atom is -0.144 e. The topological polar surface area (TPSA) is 0 Å². The Balaban J connectivity index is 1.62. The van der Waals surface area contributed by atoms with E-state index in [1.54, 1.807) is 5.56 Å². The zero-order valence-electron chi connectivity index (χ0n) is 20.6. The minimum atomic E-state index is 1.17. The first kappa shape index (κ1) is 23.3. The molecule has 5 aromatic rings. The standard InChI is InChI=1S/C32H34S2/c1-4-5-6-7-8-9-11-26-23(3)29-20-24(31-12-10-18-33-31)13-15-27(29)28-16-14-25(21-30(26)28)32-22(2)17-19-34-32/h10,12-21H,4-9,11H2,1-3H3. The predicted molar refractivity (Wildman–Crippen MR) is 155 cm³/mol. The fraction of sp³-hybridized carbons (Fsp3) is 0.312. The normalized spacial score (nSPS) is 11.6. The summed E-state index contributed by atoms with van der Waals surface area (Å²) in [5.41, 5.74) is 7.09.